The summed E-state index contributed by atoms with van der Waals surface area (Å²) >= 11 is 6.61. The van der Waals surface area contributed by atoms with Gasteiger partial charge < -0.3 is 14.9 Å². The molecule has 0 fully saturated rings. The summed E-state index contributed by atoms with van der Waals surface area (Å²) < 4.78 is 15.3. The van der Waals surface area contributed by atoms with E-state index in [2.05, 4.69) is 20.8 Å². The van der Waals surface area contributed by atoms with Gasteiger partial charge in [0.15, 0.2) is 0 Å². The van der Waals surface area contributed by atoms with Crippen LogP contribution in [0, 0.1) is 17.7 Å². The van der Waals surface area contributed by atoms with Crippen molar-refractivity contribution in [2.45, 2.75) is 91.8 Å². The zero-order chi connectivity index (χ0) is 25.6. The standard InChI is InChI=1S/C27H40ClFN2O3/c1-7-8-9-25-30(13-12-26(33)34)16-22(19(4)5)27(6,31(25)17-32)20-14-23(28)21(24(29)15-20)11-10-18(2)3/h14-19,25H,7-13H2,1-6H3,(H,33,34)/t25?,27-/m0/s1. The van der Waals surface area contributed by atoms with Crippen LogP contribution in [0.4, 0.5) is 4.39 Å². The van der Waals surface area contributed by atoms with E-state index in [1.807, 2.05) is 31.9 Å². The first kappa shape index (κ1) is 28.2. The third kappa shape index (κ3) is 6.12. The van der Waals surface area contributed by atoms with Gasteiger partial charge in [0.2, 0.25) is 6.41 Å². The molecular weight excluding hydrogens is 455 g/mol. The third-order valence-electron chi connectivity index (χ3n) is 6.90. The number of amides is 1. The second-order valence-electron chi connectivity index (χ2n) is 10.2. The number of rotatable bonds is 12. The summed E-state index contributed by atoms with van der Waals surface area (Å²) in [6.07, 6.45) is 6.37. The highest BCUT2D eigenvalue weighted by molar-refractivity contribution is 6.31. The Morgan fingerprint density at radius 3 is 2.47 bits per heavy atom. The van der Waals surface area contributed by atoms with Gasteiger partial charge in [-0.15, -0.1) is 0 Å². The Hall–Kier alpha value is -2.08. The van der Waals surface area contributed by atoms with Crippen LogP contribution < -0.4 is 0 Å². The van der Waals surface area contributed by atoms with Gasteiger partial charge in [-0.25, -0.2) is 4.39 Å². The molecule has 1 heterocycles. The maximum atomic E-state index is 15.3. The van der Waals surface area contributed by atoms with Crippen LogP contribution in [-0.2, 0) is 21.5 Å². The molecule has 1 aromatic rings. The Bertz CT molecular complexity index is 879. The number of carbonyl (C=O) groups excluding carboxylic acids is 1. The number of benzene rings is 1. The first-order valence-electron chi connectivity index (χ1n) is 12.4. The Labute approximate surface area is 209 Å². The van der Waals surface area contributed by atoms with Crippen molar-refractivity contribution in [1.82, 2.24) is 9.80 Å². The van der Waals surface area contributed by atoms with Crippen molar-refractivity contribution < 1.29 is 19.1 Å². The van der Waals surface area contributed by atoms with Crippen LogP contribution in [-0.4, -0.2) is 40.0 Å². The normalized spacial score (nSPS) is 20.8. The summed E-state index contributed by atoms with van der Waals surface area (Å²) in [7, 11) is 0. The molecule has 2 rings (SSSR count). The summed E-state index contributed by atoms with van der Waals surface area (Å²) in [5.74, 6) is -0.764. The van der Waals surface area contributed by atoms with E-state index >= 15 is 4.39 Å². The Balaban J connectivity index is 2.65. The van der Waals surface area contributed by atoms with E-state index in [9.17, 15) is 14.7 Å². The molecule has 0 aromatic heterocycles. The molecular formula is C27H40ClFN2O3. The van der Waals surface area contributed by atoms with E-state index in [1.54, 1.807) is 11.0 Å². The van der Waals surface area contributed by atoms with E-state index in [0.29, 0.717) is 41.5 Å². The predicted molar refractivity (Wildman–Crippen MR) is 135 cm³/mol. The smallest absolute Gasteiger partial charge is 0.305 e. The fourth-order valence-electron chi connectivity index (χ4n) is 4.89. The fraction of sp³-hybridized carbons (Fsp3) is 0.630. The van der Waals surface area contributed by atoms with Crippen molar-refractivity contribution in [2.75, 3.05) is 6.54 Å². The molecule has 5 nitrogen and oxygen atoms in total. The van der Waals surface area contributed by atoms with Crippen LogP contribution in [0.2, 0.25) is 5.02 Å². The van der Waals surface area contributed by atoms with Gasteiger partial charge >= 0.3 is 5.97 Å². The maximum absolute atomic E-state index is 15.3. The lowest BCUT2D eigenvalue weighted by Gasteiger charge is -2.54. The van der Waals surface area contributed by atoms with E-state index in [-0.39, 0.29) is 24.3 Å². The summed E-state index contributed by atoms with van der Waals surface area (Å²) in [6, 6.07) is 3.33. The van der Waals surface area contributed by atoms with Gasteiger partial charge in [0.25, 0.3) is 0 Å². The van der Waals surface area contributed by atoms with Gasteiger partial charge in [0, 0.05) is 23.3 Å². The van der Waals surface area contributed by atoms with E-state index in [4.69, 9.17) is 11.6 Å². The molecule has 0 aliphatic carbocycles. The zero-order valence-electron chi connectivity index (χ0n) is 21.4. The lowest BCUT2D eigenvalue weighted by Crippen LogP contribution is -2.60. The topological polar surface area (TPSA) is 60.9 Å². The number of hydrogen-bond donors (Lipinski definition) is 1. The van der Waals surface area contributed by atoms with Gasteiger partial charge in [0.05, 0.1) is 12.0 Å². The second-order valence-corrected chi connectivity index (χ2v) is 10.6. The molecule has 34 heavy (non-hydrogen) atoms. The molecule has 1 unspecified atom stereocenters. The third-order valence-corrected chi connectivity index (χ3v) is 7.23. The van der Waals surface area contributed by atoms with Crippen molar-refractivity contribution in [3.8, 4) is 0 Å². The number of carboxylic acids is 1. The minimum atomic E-state index is -0.908. The average Bonchev–Trinajstić information content (AvgIpc) is 2.75. The van der Waals surface area contributed by atoms with Crippen molar-refractivity contribution in [1.29, 1.82) is 0 Å². The molecule has 0 spiro atoms. The SMILES string of the molecule is CCCCC1N(CCC(=O)O)C=C(C(C)C)[C@](C)(c2cc(F)c(CCC(C)C)c(Cl)c2)N1C=O. The van der Waals surface area contributed by atoms with E-state index < -0.39 is 11.5 Å². The lowest BCUT2D eigenvalue weighted by atomic mass is 9.75. The number of nitrogens with zero attached hydrogens (tertiary/aromatic N) is 2. The summed E-state index contributed by atoms with van der Waals surface area (Å²) in [6.45, 7) is 12.6. The molecule has 0 bridgehead atoms. The van der Waals surface area contributed by atoms with Gasteiger partial charge in [-0.2, -0.15) is 0 Å². The largest absolute Gasteiger partial charge is 0.481 e. The van der Waals surface area contributed by atoms with Gasteiger partial charge in [-0.05, 0) is 67.7 Å². The molecule has 1 aromatic carbocycles. The molecule has 0 saturated heterocycles. The molecule has 1 N–H and O–H groups in total. The number of unbranched alkanes of at least 4 members (excludes halogenated alkanes) is 1. The zero-order valence-corrected chi connectivity index (χ0v) is 22.2. The number of aliphatic carboxylic acids is 1. The van der Waals surface area contributed by atoms with Crippen LogP contribution in [0.25, 0.3) is 0 Å². The number of carbonyl (C=O) groups is 2. The second kappa shape index (κ2) is 12.1. The molecule has 1 amide bonds. The van der Waals surface area contributed by atoms with Gasteiger partial charge in [0.1, 0.15) is 12.0 Å². The van der Waals surface area contributed by atoms with Crippen LogP contribution in [0.15, 0.2) is 23.9 Å². The quantitative estimate of drug-likeness (QED) is 0.333. The monoisotopic (exact) mass is 494 g/mol. The minimum absolute atomic E-state index is 0.0289. The molecule has 0 saturated carbocycles. The first-order chi connectivity index (χ1) is 16.0. The molecule has 1 aliphatic rings. The van der Waals surface area contributed by atoms with Crippen LogP contribution in [0.3, 0.4) is 0 Å². The number of halogens is 2. The fourth-order valence-corrected chi connectivity index (χ4v) is 5.19. The van der Waals surface area contributed by atoms with Gasteiger partial charge in [-0.3, -0.25) is 9.59 Å². The van der Waals surface area contributed by atoms with Crippen molar-refractivity contribution in [2.24, 2.45) is 11.8 Å². The lowest BCUT2D eigenvalue weighted by molar-refractivity contribution is -0.138. The van der Waals surface area contributed by atoms with Crippen molar-refractivity contribution >= 4 is 24.0 Å². The van der Waals surface area contributed by atoms with Crippen molar-refractivity contribution in [3.05, 3.63) is 45.9 Å². The molecule has 0 radical (unpaired) electrons. The van der Waals surface area contributed by atoms with Gasteiger partial charge in [-0.1, -0.05) is 52.6 Å². The van der Waals surface area contributed by atoms with Crippen LogP contribution in [0.1, 0.15) is 84.8 Å². The molecule has 2 atom stereocenters. The maximum Gasteiger partial charge on any atom is 0.305 e. The average molecular weight is 495 g/mol. The van der Waals surface area contributed by atoms with Crippen molar-refractivity contribution in [3.63, 3.8) is 0 Å². The Morgan fingerprint density at radius 1 is 1.29 bits per heavy atom. The molecule has 1 aliphatic heterocycles. The van der Waals surface area contributed by atoms with Crippen LogP contribution >= 0.6 is 11.6 Å². The molecule has 190 valence electrons. The Kier molecular flexibility index (Phi) is 9.98. The summed E-state index contributed by atoms with van der Waals surface area (Å²) in [4.78, 5) is 27.6. The van der Waals surface area contributed by atoms with E-state index in [0.717, 1.165) is 31.2 Å². The summed E-state index contributed by atoms with van der Waals surface area (Å²) in [5, 5.41) is 9.64. The highest BCUT2D eigenvalue weighted by Crippen LogP contribution is 2.46. The highest BCUT2D eigenvalue weighted by atomic mass is 35.5. The predicted octanol–water partition coefficient (Wildman–Crippen LogP) is 6.59. The van der Waals surface area contributed by atoms with E-state index in [1.165, 1.54) is 6.07 Å². The minimum Gasteiger partial charge on any atom is -0.481 e. The molecule has 7 heteroatoms. The highest BCUT2D eigenvalue weighted by Gasteiger charge is 2.46. The number of hydrogen-bond acceptors (Lipinski definition) is 3. The summed E-state index contributed by atoms with van der Waals surface area (Å²) in [5.41, 5.74) is 1.16. The number of carboxylic acid groups (broad SMARTS) is 1. The van der Waals surface area contributed by atoms with Crippen LogP contribution in [0.5, 0.6) is 0 Å². The Morgan fingerprint density at radius 2 is 1.97 bits per heavy atom. The first-order valence-corrected chi connectivity index (χ1v) is 12.8.